The van der Waals surface area contributed by atoms with Gasteiger partial charge in [0.2, 0.25) is 5.82 Å². The summed E-state index contributed by atoms with van der Waals surface area (Å²) in [5.74, 6) is 2.65. The van der Waals surface area contributed by atoms with Gasteiger partial charge in [-0.1, -0.05) is 12.1 Å². The van der Waals surface area contributed by atoms with Crippen LogP contribution in [0.25, 0.3) is 17.1 Å². The fraction of sp³-hybridized carbons (Fsp3) is 0.211. The van der Waals surface area contributed by atoms with Crippen molar-refractivity contribution >= 4 is 12.2 Å². The number of aromatic amines is 1. The molecule has 4 rings (SSSR count). The SMILES string of the molecule is CCOc1ccccc1-n1c(Cn2nnc(-c3ccc(OC)cc3)n2)n[nH]c1=S. The summed E-state index contributed by atoms with van der Waals surface area (Å²) < 4.78 is 13.2. The van der Waals surface area contributed by atoms with Crippen molar-refractivity contribution in [2.45, 2.75) is 13.5 Å². The van der Waals surface area contributed by atoms with Crippen molar-refractivity contribution in [2.75, 3.05) is 13.7 Å². The standard InChI is InChI=1S/C19H19N7O2S/c1-3-28-16-7-5-4-6-15(16)26-17(20-22-19(26)29)12-25-23-18(21-24-25)13-8-10-14(27-2)11-9-13/h4-11H,3,12H2,1-2H3,(H,22,29). The number of tetrazole rings is 1. The molecular weight excluding hydrogens is 390 g/mol. The summed E-state index contributed by atoms with van der Waals surface area (Å²) in [6.45, 7) is 2.77. The second kappa shape index (κ2) is 8.23. The summed E-state index contributed by atoms with van der Waals surface area (Å²) in [7, 11) is 1.62. The number of methoxy groups -OCH3 is 1. The highest BCUT2D eigenvalue weighted by Crippen LogP contribution is 2.24. The van der Waals surface area contributed by atoms with Gasteiger partial charge in [0.25, 0.3) is 0 Å². The molecule has 10 heteroatoms. The Labute approximate surface area is 171 Å². The largest absolute Gasteiger partial charge is 0.497 e. The third-order valence-electron chi connectivity index (χ3n) is 4.23. The second-order valence-electron chi connectivity index (χ2n) is 6.05. The minimum Gasteiger partial charge on any atom is -0.497 e. The van der Waals surface area contributed by atoms with E-state index in [9.17, 15) is 0 Å². The van der Waals surface area contributed by atoms with Crippen LogP contribution in [0.2, 0.25) is 0 Å². The first-order valence-corrected chi connectivity index (χ1v) is 9.41. The number of benzene rings is 2. The number of ether oxygens (including phenoxy) is 2. The highest BCUT2D eigenvalue weighted by molar-refractivity contribution is 7.71. The minimum absolute atomic E-state index is 0.288. The molecule has 0 unspecified atom stereocenters. The minimum atomic E-state index is 0.288. The molecule has 0 fully saturated rings. The number of H-pyrrole nitrogens is 1. The van der Waals surface area contributed by atoms with E-state index in [1.54, 1.807) is 7.11 Å². The molecule has 29 heavy (non-hydrogen) atoms. The monoisotopic (exact) mass is 409 g/mol. The Bertz CT molecular complexity index is 1160. The number of para-hydroxylation sites is 2. The van der Waals surface area contributed by atoms with Crippen LogP contribution in [0.3, 0.4) is 0 Å². The normalized spacial score (nSPS) is 10.8. The topological polar surface area (TPSA) is 95.7 Å². The first-order chi connectivity index (χ1) is 14.2. The summed E-state index contributed by atoms with van der Waals surface area (Å²) in [6.07, 6.45) is 0. The number of hydrogen-bond acceptors (Lipinski definition) is 7. The molecule has 1 N–H and O–H groups in total. The number of nitrogens with zero attached hydrogens (tertiary/aromatic N) is 6. The lowest BCUT2D eigenvalue weighted by molar-refractivity contribution is 0.338. The molecular formula is C19H19N7O2S. The molecule has 0 spiro atoms. The molecule has 4 aromatic rings. The summed E-state index contributed by atoms with van der Waals surface area (Å²) >= 11 is 5.43. The van der Waals surface area contributed by atoms with Crippen molar-refractivity contribution < 1.29 is 9.47 Å². The smallest absolute Gasteiger partial charge is 0.204 e. The van der Waals surface area contributed by atoms with E-state index >= 15 is 0 Å². The Balaban J connectivity index is 1.64. The molecule has 0 amide bonds. The average Bonchev–Trinajstić information content (AvgIpc) is 3.36. The maximum atomic E-state index is 5.73. The fourth-order valence-corrected chi connectivity index (χ4v) is 3.15. The van der Waals surface area contributed by atoms with Crippen LogP contribution in [0.4, 0.5) is 0 Å². The molecule has 2 heterocycles. The van der Waals surface area contributed by atoms with Crippen molar-refractivity contribution in [1.29, 1.82) is 0 Å². The van der Waals surface area contributed by atoms with Gasteiger partial charge in [-0.3, -0.25) is 9.67 Å². The third-order valence-corrected chi connectivity index (χ3v) is 4.51. The van der Waals surface area contributed by atoms with Gasteiger partial charge in [-0.2, -0.15) is 9.90 Å². The van der Waals surface area contributed by atoms with Crippen molar-refractivity contribution in [3.05, 3.63) is 59.1 Å². The van der Waals surface area contributed by atoms with Gasteiger partial charge in [-0.15, -0.1) is 10.2 Å². The molecule has 148 valence electrons. The lowest BCUT2D eigenvalue weighted by Crippen LogP contribution is -2.11. The lowest BCUT2D eigenvalue weighted by atomic mass is 10.2. The van der Waals surface area contributed by atoms with Gasteiger partial charge in [0, 0.05) is 5.56 Å². The molecule has 0 atom stereocenters. The van der Waals surface area contributed by atoms with E-state index in [0.717, 1.165) is 22.7 Å². The zero-order chi connectivity index (χ0) is 20.2. The first-order valence-electron chi connectivity index (χ1n) is 9.00. The quantitative estimate of drug-likeness (QED) is 0.469. The Morgan fingerprint density at radius 2 is 1.90 bits per heavy atom. The van der Waals surface area contributed by atoms with E-state index in [4.69, 9.17) is 21.7 Å². The van der Waals surface area contributed by atoms with E-state index in [1.807, 2.05) is 60.0 Å². The van der Waals surface area contributed by atoms with E-state index < -0.39 is 0 Å². The Hall–Kier alpha value is -3.53. The van der Waals surface area contributed by atoms with Crippen LogP contribution in [0.15, 0.2) is 48.5 Å². The van der Waals surface area contributed by atoms with Gasteiger partial charge < -0.3 is 9.47 Å². The first kappa shape index (κ1) is 18.8. The Morgan fingerprint density at radius 1 is 1.10 bits per heavy atom. The molecule has 0 aliphatic heterocycles. The van der Waals surface area contributed by atoms with Gasteiger partial charge in [0.1, 0.15) is 18.0 Å². The van der Waals surface area contributed by atoms with Crippen molar-refractivity contribution in [3.8, 4) is 28.6 Å². The van der Waals surface area contributed by atoms with E-state index in [2.05, 4.69) is 25.6 Å². The lowest BCUT2D eigenvalue weighted by Gasteiger charge is -2.12. The van der Waals surface area contributed by atoms with Gasteiger partial charge in [-0.25, -0.2) is 0 Å². The second-order valence-corrected chi connectivity index (χ2v) is 6.44. The van der Waals surface area contributed by atoms with Crippen LogP contribution < -0.4 is 9.47 Å². The van der Waals surface area contributed by atoms with E-state index in [-0.39, 0.29) is 6.54 Å². The number of aromatic nitrogens is 7. The van der Waals surface area contributed by atoms with Crippen molar-refractivity contribution in [3.63, 3.8) is 0 Å². The maximum Gasteiger partial charge on any atom is 0.204 e. The zero-order valence-electron chi connectivity index (χ0n) is 15.9. The van der Waals surface area contributed by atoms with Gasteiger partial charge in [0.15, 0.2) is 10.6 Å². The third kappa shape index (κ3) is 3.87. The van der Waals surface area contributed by atoms with Crippen molar-refractivity contribution in [1.82, 2.24) is 35.0 Å². The van der Waals surface area contributed by atoms with Crippen molar-refractivity contribution in [2.24, 2.45) is 0 Å². The Kier molecular flexibility index (Phi) is 5.34. The molecule has 0 aliphatic rings. The molecule has 0 radical (unpaired) electrons. The highest BCUT2D eigenvalue weighted by atomic mass is 32.1. The molecule has 2 aromatic carbocycles. The van der Waals surface area contributed by atoms with Crippen LogP contribution in [0.5, 0.6) is 11.5 Å². The highest BCUT2D eigenvalue weighted by Gasteiger charge is 2.15. The maximum absolute atomic E-state index is 5.73. The predicted octanol–water partition coefficient (Wildman–Crippen LogP) is 3.04. The van der Waals surface area contributed by atoms with Gasteiger partial charge in [-0.05, 0) is 60.8 Å². The summed E-state index contributed by atoms with van der Waals surface area (Å²) in [6, 6.07) is 15.1. The summed E-state index contributed by atoms with van der Waals surface area (Å²) in [5.41, 5.74) is 1.65. The van der Waals surface area contributed by atoms with Crippen LogP contribution in [-0.4, -0.2) is 48.7 Å². The number of hydrogen-bond donors (Lipinski definition) is 1. The summed E-state index contributed by atoms with van der Waals surface area (Å²) in [5, 5.41) is 19.9. The average molecular weight is 409 g/mol. The van der Waals surface area contributed by atoms with E-state index in [0.29, 0.717) is 23.0 Å². The summed E-state index contributed by atoms with van der Waals surface area (Å²) in [4.78, 5) is 1.48. The van der Waals surface area contributed by atoms with Crippen LogP contribution in [0, 0.1) is 4.77 Å². The van der Waals surface area contributed by atoms with E-state index in [1.165, 1.54) is 4.80 Å². The van der Waals surface area contributed by atoms with Crippen LogP contribution in [-0.2, 0) is 6.54 Å². The Morgan fingerprint density at radius 3 is 2.66 bits per heavy atom. The van der Waals surface area contributed by atoms with Crippen LogP contribution in [0.1, 0.15) is 12.7 Å². The number of rotatable bonds is 7. The fourth-order valence-electron chi connectivity index (χ4n) is 2.90. The number of nitrogens with one attached hydrogen (secondary N) is 1. The predicted molar refractivity (Wildman–Crippen MR) is 109 cm³/mol. The van der Waals surface area contributed by atoms with Gasteiger partial charge >= 0.3 is 0 Å². The van der Waals surface area contributed by atoms with Gasteiger partial charge in [0.05, 0.1) is 19.4 Å². The molecule has 2 aromatic heterocycles. The molecule has 0 bridgehead atoms. The zero-order valence-corrected chi connectivity index (χ0v) is 16.8. The molecule has 0 aliphatic carbocycles. The molecule has 9 nitrogen and oxygen atoms in total. The molecule has 0 saturated carbocycles. The van der Waals surface area contributed by atoms with Crippen LogP contribution >= 0.6 is 12.2 Å². The molecule has 0 saturated heterocycles.